The zero-order valence-electron chi connectivity index (χ0n) is 12.4. The maximum atomic E-state index is 6.20. The van der Waals surface area contributed by atoms with Crippen LogP contribution in [0.1, 0.15) is 37.3 Å². The number of piperidine rings is 1. The van der Waals surface area contributed by atoms with E-state index in [1.807, 2.05) is 12.1 Å². The fourth-order valence-electron chi connectivity index (χ4n) is 2.89. The Morgan fingerprint density at radius 1 is 1.10 bits per heavy atom. The van der Waals surface area contributed by atoms with Crippen LogP contribution in [0.2, 0.25) is 10.0 Å². The van der Waals surface area contributed by atoms with Crippen LogP contribution in [0.15, 0.2) is 18.2 Å². The van der Waals surface area contributed by atoms with E-state index in [0.29, 0.717) is 16.1 Å². The average Bonchev–Trinajstić information content (AvgIpc) is 2.44. The van der Waals surface area contributed by atoms with Gasteiger partial charge in [0.05, 0.1) is 10.0 Å². The number of benzene rings is 1. The highest BCUT2D eigenvalue weighted by molar-refractivity contribution is 6.42. The first-order valence-corrected chi connectivity index (χ1v) is 8.17. The molecule has 1 heterocycles. The molecule has 20 heavy (non-hydrogen) atoms. The molecule has 0 radical (unpaired) electrons. The molecule has 1 fully saturated rings. The van der Waals surface area contributed by atoms with Gasteiger partial charge in [-0.1, -0.05) is 35.7 Å². The van der Waals surface area contributed by atoms with Gasteiger partial charge in [0.1, 0.15) is 0 Å². The van der Waals surface area contributed by atoms with Crippen molar-refractivity contribution >= 4 is 23.2 Å². The van der Waals surface area contributed by atoms with E-state index in [9.17, 15) is 0 Å². The van der Waals surface area contributed by atoms with Gasteiger partial charge >= 0.3 is 0 Å². The van der Waals surface area contributed by atoms with Gasteiger partial charge in [-0.25, -0.2) is 0 Å². The summed E-state index contributed by atoms with van der Waals surface area (Å²) in [5.41, 5.74) is 1.29. The van der Waals surface area contributed by atoms with Gasteiger partial charge in [-0.3, -0.25) is 4.90 Å². The van der Waals surface area contributed by atoms with Gasteiger partial charge < -0.3 is 4.90 Å². The summed E-state index contributed by atoms with van der Waals surface area (Å²) in [7, 11) is 4.25. The smallest absolute Gasteiger partial charge is 0.0595 e. The van der Waals surface area contributed by atoms with Crippen molar-refractivity contribution in [1.82, 2.24) is 9.80 Å². The zero-order chi connectivity index (χ0) is 14.5. The van der Waals surface area contributed by atoms with Crippen LogP contribution < -0.4 is 0 Å². The second-order valence-electron chi connectivity index (χ2n) is 5.88. The third-order valence-electron chi connectivity index (χ3n) is 4.01. The lowest BCUT2D eigenvalue weighted by Crippen LogP contribution is -2.35. The summed E-state index contributed by atoms with van der Waals surface area (Å²) in [6.45, 7) is 3.47. The van der Waals surface area contributed by atoms with E-state index in [4.69, 9.17) is 23.2 Å². The predicted molar refractivity (Wildman–Crippen MR) is 87.8 cm³/mol. The monoisotopic (exact) mass is 314 g/mol. The van der Waals surface area contributed by atoms with E-state index < -0.39 is 0 Å². The summed E-state index contributed by atoms with van der Waals surface area (Å²) in [4.78, 5) is 4.85. The molecule has 1 atom stereocenters. The fourth-order valence-corrected chi connectivity index (χ4v) is 3.20. The van der Waals surface area contributed by atoms with E-state index >= 15 is 0 Å². The second-order valence-corrected chi connectivity index (χ2v) is 6.69. The summed E-state index contributed by atoms with van der Waals surface area (Å²) in [6.07, 6.45) is 5.10. The quantitative estimate of drug-likeness (QED) is 0.791. The number of rotatable bonds is 5. The van der Waals surface area contributed by atoms with E-state index in [-0.39, 0.29) is 0 Å². The molecule has 1 saturated heterocycles. The van der Waals surface area contributed by atoms with E-state index in [2.05, 4.69) is 30.0 Å². The third kappa shape index (κ3) is 4.36. The SMILES string of the molecule is CN(C)CCC(c1ccc(Cl)c(Cl)c1)N1CCCCC1. The van der Waals surface area contributed by atoms with Crippen LogP contribution in [-0.4, -0.2) is 43.5 Å². The number of halogens is 2. The van der Waals surface area contributed by atoms with Crippen molar-refractivity contribution in [2.75, 3.05) is 33.7 Å². The first-order valence-electron chi connectivity index (χ1n) is 7.41. The van der Waals surface area contributed by atoms with Crippen LogP contribution in [0.3, 0.4) is 0 Å². The van der Waals surface area contributed by atoms with Gasteiger partial charge in [0, 0.05) is 6.04 Å². The minimum absolute atomic E-state index is 0.451. The van der Waals surface area contributed by atoms with Gasteiger partial charge in [-0.2, -0.15) is 0 Å². The van der Waals surface area contributed by atoms with Crippen molar-refractivity contribution < 1.29 is 0 Å². The van der Waals surface area contributed by atoms with Crippen molar-refractivity contribution in [3.8, 4) is 0 Å². The van der Waals surface area contributed by atoms with Crippen LogP contribution in [0.5, 0.6) is 0 Å². The Hall–Kier alpha value is -0.280. The summed E-state index contributed by atoms with van der Waals surface area (Å²) < 4.78 is 0. The average molecular weight is 315 g/mol. The Bertz CT molecular complexity index is 428. The summed E-state index contributed by atoms with van der Waals surface area (Å²) in [6, 6.07) is 6.54. The van der Waals surface area contributed by atoms with Crippen molar-refractivity contribution in [1.29, 1.82) is 0 Å². The molecule has 1 aliphatic heterocycles. The number of hydrogen-bond acceptors (Lipinski definition) is 2. The third-order valence-corrected chi connectivity index (χ3v) is 4.75. The van der Waals surface area contributed by atoms with Gasteiger partial charge in [0.2, 0.25) is 0 Å². The molecular weight excluding hydrogens is 291 g/mol. The minimum Gasteiger partial charge on any atom is -0.309 e. The zero-order valence-corrected chi connectivity index (χ0v) is 13.9. The van der Waals surface area contributed by atoms with Crippen LogP contribution in [0.4, 0.5) is 0 Å². The molecule has 0 saturated carbocycles. The molecule has 4 heteroatoms. The van der Waals surface area contributed by atoms with Crippen LogP contribution in [0.25, 0.3) is 0 Å². The Morgan fingerprint density at radius 2 is 1.80 bits per heavy atom. The fraction of sp³-hybridized carbons (Fsp3) is 0.625. The lowest BCUT2D eigenvalue weighted by Gasteiger charge is -2.35. The molecule has 1 aromatic carbocycles. The number of hydrogen-bond donors (Lipinski definition) is 0. The largest absolute Gasteiger partial charge is 0.309 e. The highest BCUT2D eigenvalue weighted by atomic mass is 35.5. The molecular formula is C16H24Cl2N2. The Morgan fingerprint density at radius 3 is 2.40 bits per heavy atom. The standard InChI is InChI=1S/C16H24Cl2N2/c1-19(2)11-8-16(20-9-4-3-5-10-20)13-6-7-14(17)15(18)12-13/h6-7,12,16H,3-5,8-11H2,1-2H3. The molecule has 1 aliphatic rings. The number of likely N-dealkylation sites (tertiary alicyclic amines) is 1. The first kappa shape index (κ1) is 16.1. The lowest BCUT2D eigenvalue weighted by molar-refractivity contribution is 0.147. The van der Waals surface area contributed by atoms with E-state index in [0.717, 1.165) is 13.0 Å². The predicted octanol–water partition coefficient (Wildman–Crippen LogP) is 4.47. The normalized spacial score (nSPS) is 18.4. The molecule has 1 unspecified atom stereocenters. The van der Waals surface area contributed by atoms with Crippen LogP contribution in [-0.2, 0) is 0 Å². The molecule has 0 bridgehead atoms. The molecule has 1 aromatic rings. The first-order chi connectivity index (χ1) is 9.58. The Kier molecular flexibility index (Phi) is 6.16. The van der Waals surface area contributed by atoms with Crippen molar-refractivity contribution in [3.63, 3.8) is 0 Å². The van der Waals surface area contributed by atoms with Crippen molar-refractivity contribution in [2.45, 2.75) is 31.7 Å². The van der Waals surface area contributed by atoms with E-state index in [1.54, 1.807) is 0 Å². The Balaban J connectivity index is 2.17. The van der Waals surface area contributed by atoms with Crippen molar-refractivity contribution in [2.24, 2.45) is 0 Å². The van der Waals surface area contributed by atoms with Gasteiger partial charge in [0.15, 0.2) is 0 Å². The molecule has 0 amide bonds. The molecule has 0 N–H and O–H groups in total. The van der Waals surface area contributed by atoms with E-state index in [1.165, 1.54) is 37.9 Å². The van der Waals surface area contributed by atoms with Crippen LogP contribution in [0, 0.1) is 0 Å². The summed E-state index contributed by atoms with van der Waals surface area (Å²) in [5.74, 6) is 0. The van der Waals surface area contributed by atoms with Crippen LogP contribution >= 0.6 is 23.2 Å². The molecule has 2 nitrogen and oxygen atoms in total. The molecule has 0 aromatic heterocycles. The Labute approximate surface area is 132 Å². The molecule has 112 valence electrons. The maximum Gasteiger partial charge on any atom is 0.0595 e. The summed E-state index contributed by atoms with van der Waals surface area (Å²) >= 11 is 12.2. The van der Waals surface area contributed by atoms with Gasteiger partial charge in [0.25, 0.3) is 0 Å². The highest BCUT2D eigenvalue weighted by Gasteiger charge is 2.22. The highest BCUT2D eigenvalue weighted by Crippen LogP contribution is 2.32. The maximum absolute atomic E-state index is 6.20. The van der Waals surface area contributed by atoms with Gasteiger partial charge in [-0.15, -0.1) is 0 Å². The topological polar surface area (TPSA) is 6.48 Å². The summed E-state index contributed by atoms with van der Waals surface area (Å²) in [5, 5.41) is 1.30. The number of nitrogens with zero attached hydrogens (tertiary/aromatic N) is 2. The molecule has 0 spiro atoms. The molecule has 2 rings (SSSR count). The van der Waals surface area contributed by atoms with Gasteiger partial charge in [-0.05, 0) is 70.7 Å². The minimum atomic E-state index is 0.451. The molecule has 0 aliphatic carbocycles. The lowest BCUT2D eigenvalue weighted by atomic mass is 9.99. The van der Waals surface area contributed by atoms with Crippen molar-refractivity contribution in [3.05, 3.63) is 33.8 Å². The second kappa shape index (κ2) is 7.65.